The number of aliphatic hydroxyl groups is 1. The Kier molecular flexibility index (Phi) is 3.51. The lowest BCUT2D eigenvalue weighted by molar-refractivity contribution is 0.102. The summed E-state index contributed by atoms with van der Waals surface area (Å²) < 4.78 is 0. The van der Waals surface area contributed by atoms with Gasteiger partial charge in [0.2, 0.25) is 0 Å². The molecule has 0 aliphatic carbocycles. The first-order valence-electron chi connectivity index (χ1n) is 6.70. The van der Waals surface area contributed by atoms with Crippen molar-refractivity contribution in [3.63, 3.8) is 0 Å². The summed E-state index contributed by atoms with van der Waals surface area (Å²) in [6.45, 7) is 10.2. The molecular formula is C18H22O. The average molecular weight is 254 g/mol. The van der Waals surface area contributed by atoms with E-state index in [1.807, 2.05) is 19.1 Å². The lowest BCUT2D eigenvalue weighted by Gasteiger charge is -2.26. The molecule has 19 heavy (non-hydrogen) atoms. The van der Waals surface area contributed by atoms with Crippen LogP contribution in [0.2, 0.25) is 0 Å². The minimum atomic E-state index is -0.947. The normalized spacial score (nSPS) is 11.7. The lowest BCUT2D eigenvalue weighted by atomic mass is 9.85. The summed E-state index contributed by atoms with van der Waals surface area (Å²) in [5.41, 5.74) is 5.86. The van der Waals surface area contributed by atoms with Crippen molar-refractivity contribution in [3.05, 3.63) is 69.8 Å². The van der Waals surface area contributed by atoms with Crippen LogP contribution in [0.5, 0.6) is 0 Å². The van der Waals surface area contributed by atoms with E-state index in [4.69, 9.17) is 0 Å². The van der Waals surface area contributed by atoms with E-state index in [1.165, 1.54) is 22.3 Å². The van der Waals surface area contributed by atoms with Gasteiger partial charge in [0, 0.05) is 0 Å². The molecule has 0 aliphatic rings. The summed E-state index contributed by atoms with van der Waals surface area (Å²) in [7, 11) is 0. The molecule has 0 spiro atoms. The molecule has 0 atom stereocenters. The Morgan fingerprint density at radius 1 is 0.684 bits per heavy atom. The van der Waals surface area contributed by atoms with Gasteiger partial charge in [-0.1, -0.05) is 36.4 Å². The lowest BCUT2D eigenvalue weighted by Crippen LogP contribution is -2.23. The highest BCUT2D eigenvalue weighted by atomic mass is 16.3. The fourth-order valence-electron chi connectivity index (χ4n) is 2.26. The molecule has 0 saturated carbocycles. The third kappa shape index (κ3) is 2.57. The van der Waals surface area contributed by atoms with E-state index in [0.717, 1.165) is 11.1 Å². The summed E-state index contributed by atoms with van der Waals surface area (Å²) >= 11 is 0. The Hall–Kier alpha value is -1.60. The van der Waals surface area contributed by atoms with E-state index < -0.39 is 5.60 Å². The van der Waals surface area contributed by atoms with Crippen LogP contribution in [0, 0.1) is 27.7 Å². The molecule has 2 aromatic carbocycles. The SMILES string of the molecule is Cc1ccc(C(C)(O)c2ccc(C)c(C)c2)cc1C. The Morgan fingerprint density at radius 2 is 1.05 bits per heavy atom. The average Bonchev–Trinajstić information content (AvgIpc) is 2.35. The van der Waals surface area contributed by atoms with Gasteiger partial charge in [0.05, 0.1) is 0 Å². The minimum absolute atomic E-state index is 0.943. The Morgan fingerprint density at radius 3 is 1.37 bits per heavy atom. The molecule has 0 fully saturated rings. The maximum absolute atomic E-state index is 10.9. The van der Waals surface area contributed by atoms with Gasteiger partial charge in [-0.3, -0.25) is 0 Å². The molecule has 0 unspecified atom stereocenters. The van der Waals surface area contributed by atoms with E-state index in [1.54, 1.807) is 0 Å². The zero-order chi connectivity index (χ0) is 14.2. The zero-order valence-electron chi connectivity index (χ0n) is 12.4. The molecule has 1 heteroatoms. The first kappa shape index (κ1) is 13.8. The molecule has 0 bridgehead atoms. The molecule has 0 aromatic heterocycles. The van der Waals surface area contributed by atoms with E-state index in [2.05, 4.69) is 52.0 Å². The molecule has 0 aliphatic heterocycles. The number of hydrogen-bond acceptors (Lipinski definition) is 1. The van der Waals surface area contributed by atoms with Crippen LogP contribution >= 0.6 is 0 Å². The highest BCUT2D eigenvalue weighted by Crippen LogP contribution is 2.31. The summed E-state index contributed by atoms with van der Waals surface area (Å²) in [4.78, 5) is 0. The maximum atomic E-state index is 10.9. The van der Waals surface area contributed by atoms with Crippen LogP contribution in [0.4, 0.5) is 0 Å². The van der Waals surface area contributed by atoms with Crippen LogP contribution in [0.1, 0.15) is 40.3 Å². The minimum Gasteiger partial charge on any atom is -0.381 e. The van der Waals surface area contributed by atoms with E-state index >= 15 is 0 Å². The third-order valence-electron chi connectivity index (χ3n) is 4.14. The smallest absolute Gasteiger partial charge is 0.112 e. The fraction of sp³-hybridized carbons (Fsp3) is 0.333. The van der Waals surface area contributed by atoms with Crippen LogP contribution in [0.3, 0.4) is 0 Å². The van der Waals surface area contributed by atoms with Crippen molar-refractivity contribution in [3.8, 4) is 0 Å². The topological polar surface area (TPSA) is 20.2 Å². The van der Waals surface area contributed by atoms with Gasteiger partial charge in [-0.15, -0.1) is 0 Å². The first-order chi connectivity index (χ1) is 8.82. The predicted molar refractivity (Wildman–Crippen MR) is 80.5 cm³/mol. The standard InChI is InChI=1S/C18H22O/c1-12-6-8-16(10-14(12)3)18(5,19)17-9-7-13(2)15(4)11-17/h6-11,19H,1-5H3. The number of rotatable bonds is 2. The quantitative estimate of drug-likeness (QED) is 0.852. The van der Waals surface area contributed by atoms with Crippen LogP contribution in [0.25, 0.3) is 0 Å². The second-order valence-corrected chi connectivity index (χ2v) is 5.67. The van der Waals surface area contributed by atoms with Gasteiger partial charge in [-0.2, -0.15) is 0 Å². The van der Waals surface area contributed by atoms with Gasteiger partial charge in [0.15, 0.2) is 0 Å². The molecule has 1 nitrogen and oxygen atoms in total. The molecule has 0 heterocycles. The molecule has 100 valence electrons. The highest BCUT2D eigenvalue weighted by molar-refractivity contribution is 5.42. The third-order valence-corrected chi connectivity index (χ3v) is 4.14. The molecule has 0 radical (unpaired) electrons. The second-order valence-electron chi connectivity index (χ2n) is 5.67. The molecule has 2 aromatic rings. The van der Waals surface area contributed by atoms with Crippen LogP contribution in [-0.2, 0) is 5.60 Å². The predicted octanol–water partition coefficient (Wildman–Crippen LogP) is 4.18. The van der Waals surface area contributed by atoms with Crippen LogP contribution < -0.4 is 0 Å². The Labute approximate surface area is 115 Å². The molecule has 0 amide bonds. The van der Waals surface area contributed by atoms with E-state index in [-0.39, 0.29) is 0 Å². The fourth-order valence-corrected chi connectivity index (χ4v) is 2.26. The van der Waals surface area contributed by atoms with Crippen LogP contribution in [-0.4, -0.2) is 5.11 Å². The summed E-state index contributed by atoms with van der Waals surface area (Å²) in [5, 5.41) is 10.9. The zero-order valence-corrected chi connectivity index (χ0v) is 12.4. The first-order valence-corrected chi connectivity index (χ1v) is 6.70. The van der Waals surface area contributed by atoms with Crippen molar-refractivity contribution in [2.24, 2.45) is 0 Å². The molecule has 0 saturated heterocycles. The van der Waals surface area contributed by atoms with Gasteiger partial charge in [-0.05, 0) is 68.0 Å². The Balaban J connectivity index is 2.51. The van der Waals surface area contributed by atoms with Gasteiger partial charge >= 0.3 is 0 Å². The monoisotopic (exact) mass is 254 g/mol. The van der Waals surface area contributed by atoms with Gasteiger partial charge in [0.1, 0.15) is 5.60 Å². The van der Waals surface area contributed by atoms with E-state index in [0.29, 0.717) is 0 Å². The van der Waals surface area contributed by atoms with Crippen molar-refractivity contribution in [2.75, 3.05) is 0 Å². The summed E-state index contributed by atoms with van der Waals surface area (Å²) in [5.74, 6) is 0. The van der Waals surface area contributed by atoms with E-state index in [9.17, 15) is 5.11 Å². The van der Waals surface area contributed by atoms with Crippen molar-refractivity contribution in [1.29, 1.82) is 0 Å². The Bertz CT molecular complexity index is 556. The van der Waals surface area contributed by atoms with Crippen LogP contribution in [0.15, 0.2) is 36.4 Å². The molecule has 2 rings (SSSR count). The van der Waals surface area contributed by atoms with Gasteiger partial charge in [0.25, 0.3) is 0 Å². The summed E-state index contributed by atoms with van der Waals surface area (Å²) in [6.07, 6.45) is 0. The molecule has 1 N–H and O–H groups in total. The molecular weight excluding hydrogens is 232 g/mol. The van der Waals surface area contributed by atoms with Crippen molar-refractivity contribution < 1.29 is 5.11 Å². The number of hydrogen-bond donors (Lipinski definition) is 1. The van der Waals surface area contributed by atoms with Gasteiger partial charge in [-0.25, -0.2) is 0 Å². The summed E-state index contributed by atoms with van der Waals surface area (Å²) in [6, 6.07) is 12.3. The van der Waals surface area contributed by atoms with Crippen molar-refractivity contribution in [1.82, 2.24) is 0 Å². The number of aryl methyl sites for hydroxylation is 4. The highest BCUT2D eigenvalue weighted by Gasteiger charge is 2.26. The number of benzene rings is 2. The van der Waals surface area contributed by atoms with Gasteiger partial charge < -0.3 is 5.11 Å². The maximum Gasteiger partial charge on any atom is 0.112 e. The second kappa shape index (κ2) is 4.82. The van der Waals surface area contributed by atoms with Crippen molar-refractivity contribution >= 4 is 0 Å². The van der Waals surface area contributed by atoms with Crippen molar-refractivity contribution in [2.45, 2.75) is 40.2 Å². The largest absolute Gasteiger partial charge is 0.381 e.